The standard InChI is InChI=1S/C17H17NO5S/c1-18-15-13-9-8-12(21-2)10-14(13)23-24(19,20)17(15)16(22-18)11-6-4-3-5-7-11/h3-10,15-17H,1-2H3/t15-,16-,17+/m0/s1. The maximum absolute atomic E-state index is 12.8. The molecule has 0 saturated carbocycles. The van der Waals surface area contributed by atoms with Crippen LogP contribution < -0.4 is 8.92 Å². The molecule has 0 aromatic heterocycles. The lowest BCUT2D eigenvalue weighted by molar-refractivity contribution is -0.145. The van der Waals surface area contributed by atoms with Crippen LogP contribution >= 0.6 is 0 Å². The quantitative estimate of drug-likeness (QED) is 0.778. The van der Waals surface area contributed by atoms with Crippen LogP contribution in [0.1, 0.15) is 23.3 Å². The summed E-state index contributed by atoms with van der Waals surface area (Å²) in [6.45, 7) is 0. The normalized spacial score (nSPS) is 27.8. The molecule has 24 heavy (non-hydrogen) atoms. The molecule has 0 bridgehead atoms. The van der Waals surface area contributed by atoms with Gasteiger partial charge in [-0.15, -0.1) is 0 Å². The highest BCUT2D eigenvalue weighted by atomic mass is 32.2. The van der Waals surface area contributed by atoms with E-state index in [-0.39, 0.29) is 0 Å². The summed E-state index contributed by atoms with van der Waals surface area (Å²) in [6, 6.07) is 14.1. The smallest absolute Gasteiger partial charge is 0.317 e. The van der Waals surface area contributed by atoms with Gasteiger partial charge in [0.05, 0.1) is 13.2 Å². The zero-order valence-corrected chi connectivity index (χ0v) is 14.1. The second kappa shape index (κ2) is 5.47. The SMILES string of the molecule is COc1ccc2c(c1)OS(=O)(=O)[C@H]1[C@H](c3ccccc3)ON(C)[C@@H]21. The Bertz CT molecular complexity index is 868. The zero-order valence-electron chi connectivity index (χ0n) is 13.2. The van der Waals surface area contributed by atoms with Crippen molar-refractivity contribution in [3.05, 3.63) is 59.7 Å². The summed E-state index contributed by atoms with van der Waals surface area (Å²) >= 11 is 0. The maximum atomic E-state index is 12.8. The van der Waals surface area contributed by atoms with Crippen molar-refractivity contribution in [3.63, 3.8) is 0 Å². The van der Waals surface area contributed by atoms with Crippen LogP contribution in [0, 0.1) is 0 Å². The number of rotatable bonds is 2. The van der Waals surface area contributed by atoms with E-state index in [4.69, 9.17) is 13.8 Å². The first-order chi connectivity index (χ1) is 11.5. The maximum Gasteiger partial charge on any atom is 0.317 e. The van der Waals surface area contributed by atoms with Crippen molar-refractivity contribution >= 4 is 10.1 Å². The van der Waals surface area contributed by atoms with E-state index in [1.54, 1.807) is 24.2 Å². The zero-order chi connectivity index (χ0) is 16.9. The van der Waals surface area contributed by atoms with Gasteiger partial charge in [-0.05, 0) is 17.7 Å². The Morgan fingerprint density at radius 3 is 2.58 bits per heavy atom. The van der Waals surface area contributed by atoms with E-state index < -0.39 is 27.5 Å². The topological polar surface area (TPSA) is 65.1 Å². The van der Waals surface area contributed by atoms with Crippen molar-refractivity contribution in [1.29, 1.82) is 0 Å². The molecule has 2 aliphatic rings. The first kappa shape index (κ1) is 15.4. The number of methoxy groups -OCH3 is 1. The minimum absolute atomic E-state index is 0.291. The van der Waals surface area contributed by atoms with Crippen LogP contribution in [0.15, 0.2) is 48.5 Å². The van der Waals surface area contributed by atoms with Crippen molar-refractivity contribution < 1.29 is 22.2 Å². The fourth-order valence-corrected chi connectivity index (χ4v) is 5.04. The Balaban J connectivity index is 1.84. The van der Waals surface area contributed by atoms with Crippen molar-refractivity contribution in [2.75, 3.05) is 14.2 Å². The first-order valence-electron chi connectivity index (χ1n) is 7.57. The minimum atomic E-state index is -3.85. The third-order valence-electron chi connectivity index (χ3n) is 4.49. The van der Waals surface area contributed by atoms with Gasteiger partial charge < -0.3 is 8.92 Å². The molecule has 2 heterocycles. The Labute approximate surface area is 140 Å². The number of hydrogen-bond acceptors (Lipinski definition) is 6. The molecule has 2 aromatic rings. The number of hydroxylamine groups is 2. The average Bonchev–Trinajstić information content (AvgIpc) is 2.93. The van der Waals surface area contributed by atoms with Gasteiger partial charge in [0.1, 0.15) is 11.9 Å². The first-order valence-corrected chi connectivity index (χ1v) is 9.04. The van der Waals surface area contributed by atoms with Gasteiger partial charge in [0.25, 0.3) is 0 Å². The molecule has 6 nitrogen and oxygen atoms in total. The average molecular weight is 347 g/mol. The Hall–Kier alpha value is -2.09. The number of fused-ring (bicyclic) bond motifs is 3. The van der Waals surface area contributed by atoms with Crippen LogP contribution in [-0.4, -0.2) is 32.9 Å². The highest BCUT2D eigenvalue weighted by molar-refractivity contribution is 7.87. The predicted molar refractivity (Wildman–Crippen MR) is 87.1 cm³/mol. The monoisotopic (exact) mass is 347 g/mol. The summed E-state index contributed by atoms with van der Waals surface area (Å²) in [5.41, 5.74) is 1.58. The van der Waals surface area contributed by atoms with Crippen LogP contribution in [0.25, 0.3) is 0 Å². The van der Waals surface area contributed by atoms with Gasteiger partial charge in [0, 0.05) is 18.7 Å². The fourth-order valence-electron chi connectivity index (χ4n) is 3.39. The molecule has 0 unspecified atom stereocenters. The molecular formula is C17H17NO5S. The van der Waals surface area contributed by atoms with Crippen LogP contribution in [0.5, 0.6) is 11.5 Å². The van der Waals surface area contributed by atoms with Crippen LogP contribution in [0.4, 0.5) is 0 Å². The van der Waals surface area contributed by atoms with E-state index >= 15 is 0 Å². The third kappa shape index (κ3) is 2.28. The van der Waals surface area contributed by atoms with E-state index in [9.17, 15) is 8.42 Å². The molecule has 3 atom stereocenters. The van der Waals surface area contributed by atoms with E-state index in [2.05, 4.69) is 0 Å². The van der Waals surface area contributed by atoms with Crippen molar-refractivity contribution in [2.45, 2.75) is 17.4 Å². The number of hydrogen-bond donors (Lipinski definition) is 0. The van der Waals surface area contributed by atoms with Crippen LogP contribution in [0.2, 0.25) is 0 Å². The van der Waals surface area contributed by atoms with E-state index in [0.717, 1.165) is 11.1 Å². The second-order valence-corrected chi connectivity index (χ2v) is 7.57. The minimum Gasteiger partial charge on any atom is -0.497 e. The number of nitrogens with zero attached hydrogens (tertiary/aromatic N) is 1. The number of ether oxygens (including phenoxy) is 1. The Morgan fingerprint density at radius 2 is 1.88 bits per heavy atom. The molecule has 0 amide bonds. The molecule has 7 heteroatoms. The van der Waals surface area contributed by atoms with Gasteiger partial charge in [-0.1, -0.05) is 30.3 Å². The van der Waals surface area contributed by atoms with Gasteiger partial charge in [-0.2, -0.15) is 13.5 Å². The molecule has 4 rings (SSSR count). The van der Waals surface area contributed by atoms with E-state index in [0.29, 0.717) is 11.5 Å². The van der Waals surface area contributed by atoms with Gasteiger partial charge in [-0.3, -0.25) is 4.84 Å². The molecule has 2 aromatic carbocycles. The van der Waals surface area contributed by atoms with E-state index in [1.165, 1.54) is 7.11 Å². The lowest BCUT2D eigenvalue weighted by Gasteiger charge is -2.30. The summed E-state index contributed by atoms with van der Waals surface area (Å²) in [5.74, 6) is 0.836. The third-order valence-corrected chi connectivity index (χ3v) is 6.07. The predicted octanol–water partition coefficient (Wildman–Crippen LogP) is 2.45. The summed E-state index contributed by atoms with van der Waals surface area (Å²) in [6.07, 6.45) is -0.610. The lowest BCUT2D eigenvalue weighted by Crippen LogP contribution is -2.38. The molecule has 1 fully saturated rings. The highest BCUT2D eigenvalue weighted by Gasteiger charge is 2.55. The van der Waals surface area contributed by atoms with Gasteiger partial charge in [-0.25, -0.2) is 0 Å². The summed E-state index contributed by atoms with van der Waals surface area (Å²) < 4.78 is 36.1. The summed E-state index contributed by atoms with van der Waals surface area (Å²) in [7, 11) is -0.580. The van der Waals surface area contributed by atoms with E-state index in [1.807, 2.05) is 36.4 Å². The molecule has 126 valence electrons. The fraction of sp³-hybridized carbons (Fsp3) is 0.294. The van der Waals surface area contributed by atoms with Crippen molar-refractivity contribution in [2.24, 2.45) is 0 Å². The van der Waals surface area contributed by atoms with Gasteiger partial charge >= 0.3 is 10.1 Å². The Kier molecular flexibility index (Phi) is 3.52. The summed E-state index contributed by atoms with van der Waals surface area (Å²) in [4.78, 5) is 5.89. The molecule has 2 aliphatic heterocycles. The molecule has 0 aliphatic carbocycles. The number of benzene rings is 2. The molecular weight excluding hydrogens is 330 g/mol. The molecule has 1 saturated heterocycles. The molecule has 0 spiro atoms. The van der Waals surface area contributed by atoms with Gasteiger partial charge in [0.15, 0.2) is 11.0 Å². The highest BCUT2D eigenvalue weighted by Crippen LogP contribution is 2.51. The molecule has 0 N–H and O–H groups in total. The van der Waals surface area contributed by atoms with Crippen molar-refractivity contribution in [1.82, 2.24) is 5.06 Å². The summed E-state index contributed by atoms with van der Waals surface area (Å²) in [5, 5.41) is 0.777. The Morgan fingerprint density at radius 1 is 1.12 bits per heavy atom. The second-order valence-electron chi connectivity index (χ2n) is 5.87. The van der Waals surface area contributed by atoms with Crippen LogP contribution in [-0.2, 0) is 15.0 Å². The molecule has 0 radical (unpaired) electrons. The van der Waals surface area contributed by atoms with Crippen molar-refractivity contribution in [3.8, 4) is 11.5 Å². The lowest BCUT2D eigenvalue weighted by atomic mass is 9.96. The van der Waals surface area contributed by atoms with Gasteiger partial charge in [0.2, 0.25) is 0 Å². The van der Waals surface area contributed by atoms with Crippen LogP contribution in [0.3, 0.4) is 0 Å². The largest absolute Gasteiger partial charge is 0.497 e.